The topological polar surface area (TPSA) is 61.7 Å². The van der Waals surface area contributed by atoms with Gasteiger partial charge in [0.25, 0.3) is 5.91 Å². The fraction of sp³-hybridized carbons (Fsp3) is 0.176. The Morgan fingerprint density at radius 1 is 1.33 bits per heavy atom. The molecule has 0 heterocycles. The fourth-order valence-corrected chi connectivity index (χ4v) is 3.16. The second-order valence-corrected chi connectivity index (χ2v) is 7.17. The van der Waals surface area contributed by atoms with Gasteiger partial charge in [-0.1, -0.05) is 53.5 Å². The number of phenolic OH excluding ortho intramolecular Hbond substituents is 1. The summed E-state index contributed by atoms with van der Waals surface area (Å²) in [7, 11) is 0. The van der Waals surface area contributed by atoms with Crippen LogP contribution in [0.25, 0.3) is 0 Å². The molecule has 0 bridgehead atoms. The number of benzene rings is 2. The van der Waals surface area contributed by atoms with E-state index in [1.54, 1.807) is 0 Å². The number of hydrazone groups is 1. The SMILES string of the molecule is C[C@@H](SCc1ccccc1)C(=O)N/N=C\c1cc(Cl)cc(Cl)c1O. The number of phenols is 1. The van der Waals surface area contributed by atoms with Gasteiger partial charge < -0.3 is 5.11 Å². The molecule has 0 saturated carbocycles. The third-order valence-corrected chi connectivity index (χ3v) is 4.87. The molecule has 0 aromatic heterocycles. The molecule has 24 heavy (non-hydrogen) atoms. The van der Waals surface area contributed by atoms with Crippen LogP contribution in [0, 0.1) is 0 Å². The van der Waals surface area contributed by atoms with Gasteiger partial charge in [-0.25, -0.2) is 5.43 Å². The van der Waals surface area contributed by atoms with Crippen LogP contribution in [-0.2, 0) is 10.5 Å². The van der Waals surface area contributed by atoms with Gasteiger partial charge in [0.2, 0.25) is 0 Å². The van der Waals surface area contributed by atoms with E-state index >= 15 is 0 Å². The molecule has 2 N–H and O–H groups in total. The van der Waals surface area contributed by atoms with Crippen LogP contribution in [0.4, 0.5) is 0 Å². The molecule has 1 atom stereocenters. The highest BCUT2D eigenvalue weighted by Crippen LogP contribution is 2.29. The molecule has 0 aliphatic rings. The van der Waals surface area contributed by atoms with E-state index in [9.17, 15) is 9.90 Å². The van der Waals surface area contributed by atoms with Crippen molar-refractivity contribution in [2.24, 2.45) is 5.10 Å². The highest BCUT2D eigenvalue weighted by Gasteiger charge is 2.13. The maximum Gasteiger partial charge on any atom is 0.252 e. The van der Waals surface area contributed by atoms with Gasteiger partial charge >= 0.3 is 0 Å². The van der Waals surface area contributed by atoms with E-state index < -0.39 is 0 Å². The van der Waals surface area contributed by atoms with Crippen LogP contribution in [-0.4, -0.2) is 22.5 Å². The predicted molar refractivity (Wildman–Crippen MR) is 101 cm³/mol. The molecule has 0 spiro atoms. The minimum atomic E-state index is -0.265. The summed E-state index contributed by atoms with van der Waals surface area (Å²) in [4.78, 5) is 12.0. The Hall–Kier alpha value is -1.69. The zero-order valence-corrected chi connectivity index (χ0v) is 15.2. The van der Waals surface area contributed by atoms with Crippen molar-refractivity contribution in [3.8, 4) is 5.75 Å². The van der Waals surface area contributed by atoms with Crippen LogP contribution in [0.2, 0.25) is 10.0 Å². The smallest absolute Gasteiger partial charge is 0.252 e. The zero-order chi connectivity index (χ0) is 17.5. The lowest BCUT2D eigenvalue weighted by Gasteiger charge is -2.09. The van der Waals surface area contributed by atoms with E-state index in [0.717, 1.165) is 11.3 Å². The van der Waals surface area contributed by atoms with Crippen LogP contribution < -0.4 is 5.43 Å². The Morgan fingerprint density at radius 2 is 2.04 bits per heavy atom. The average Bonchev–Trinajstić information content (AvgIpc) is 2.57. The number of halogens is 2. The number of carbonyl (C=O) groups excluding carboxylic acids is 1. The Labute approximate surface area is 154 Å². The van der Waals surface area contributed by atoms with Crippen molar-refractivity contribution < 1.29 is 9.90 Å². The molecule has 0 fully saturated rings. The first kappa shape index (κ1) is 18.6. The third-order valence-electron chi connectivity index (χ3n) is 3.15. The van der Waals surface area contributed by atoms with Crippen molar-refractivity contribution in [3.63, 3.8) is 0 Å². The standard InChI is InChI=1S/C17H16Cl2N2O2S/c1-11(24-10-12-5-3-2-4-6-12)17(23)21-20-9-13-7-14(18)8-15(19)16(13)22/h2-9,11,22H,10H2,1H3,(H,21,23)/b20-9-/t11-/m1/s1. The molecule has 0 unspecified atom stereocenters. The van der Waals surface area contributed by atoms with Gasteiger partial charge in [0.1, 0.15) is 5.75 Å². The summed E-state index contributed by atoms with van der Waals surface area (Å²) >= 11 is 13.2. The molecular formula is C17H16Cl2N2O2S. The molecule has 4 nitrogen and oxygen atoms in total. The molecule has 0 radical (unpaired) electrons. The van der Waals surface area contributed by atoms with E-state index in [1.165, 1.54) is 30.1 Å². The van der Waals surface area contributed by atoms with Gasteiger partial charge in [-0.2, -0.15) is 5.10 Å². The first-order valence-electron chi connectivity index (χ1n) is 7.14. The lowest BCUT2D eigenvalue weighted by atomic mass is 10.2. The van der Waals surface area contributed by atoms with Crippen molar-refractivity contribution >= 4 is 47.1 Å². The molecule has 0 saturated heterocycles. The largest absolute Gasteiger partial charge is 0.506 e. The van der Waals surface area contributed by atoms with E-state index in [0.29, 0.717) is 10.6 Å². The summed E-state index contributed by atoms with van der Waals surface area (Å²) in [5, 5.41) is 13.9. The van der Waals surface area contributed by atoms with E-state index in [-0.39, 0.29) is 21.9 Å². The Bertz CT molecular complexity index is 739. The zero-order valence-electron chi connectivity index (χ0n) is 12.9. The van der Waals surface area contributed by atoms with Gasteiger partial charge in [0, 0.05) is 16.3 Å². The molecule has 2 aromatic rings. The lowest BCUT2D eigenvalue weighted by molar-refractivity contribution is -0.120. The minimum absolute atomic E-state index is 0.127. The average molecular weight is 383 g/mol. The van der Waals surface area contributed by atoms with Crippen molar-refractivity contribution in [3.05, 3.63) is 63.6 Å². The number of carbonyl (C=O) groups is 1. The quantitative estimate of drug-likeness (QED) is 0.572. The van der Waals surface area contributed by atoms with Crippen molar-refractivity contribution in [2.75, 3.05) is 0 Å². The van der Waals surface area contributed by atoms with E-state index in [4.69, 9.17) is 23.2 Å². The summed E-state index contributed by atoms with van der Waals surface area (Å²) in [6, 6.07) is 12.9. The maximum absolute atomic E-state index is 12.0. The van der Waals surface area contributed by atoms with Crippen LogP contribution in [0.3, 0.4) is 0 Å². The summed E-state index contributed by atoms with van der Waals surface area (Å²) in [5.41, 5.74) is 3.93. The second kappa shape index (κ2) is 8.97. The van der Waals surface area contributed by atoms with Gasteiger partial charge in [-0.05, 0) is 24.6 Å². The number of aromatic hydroxyl groups is 1. The number of nitrogens with one attached hydrogen (secondary N) is 1. The van der Waals surface area contributed by atoms with E-state index in [2.05, 4.69) is 10.5 Å². The van der Waals surface area contributed by atoms with Crippen LogP contribution >= 0.6 is 35.0 Å². The van der Waals surface area contributed by atoms with Gasteiger partial charge in [-0.3, -0.25) is 4.79 Å². The number of hydrogen-bond acceptors (Lipinski definition) is 4. The number of rotatable bonds is 6. The molecule has 7 heteroatoms. The summed E-state index contributed by atoms with van der Waals surface area (Å²) in [6.07, 6.45) is 1.31. The Balaban J connectivity index is 1.88. The van der Waals surface area contributed by atoms with Crippen molar-refractivity contribution in [2.45, 2.75) is 17.9 Å². The van der Waals surface area contributed by atoms with Gasteiger partial charge in [-0.15, -0.1) is 11.8 Å². The summed E-state index contributed by atoms with van der Waals surface area (Å²) in [6.45, 7) is 1.81. The summed E-state index contributed by atoms with van der Waals surface area (Å²) in [5.74, 6) is 0.384. The van der Waals surface area contributed by atoms with Crippen LogP contribution in [0.1, 0.15) is 18.1 Å². The minimum Gasteiger partial charge on any atom is -0.506 e. The lowest BCUT2D eigenvalue weighted by Crippen LogP contribution is -2.27. The third kappa shape index (κ3) is 5.44. The molecular weight excluding hydrogens is 367 g/mol. The van der Waals surface area contributed by atoms with Crippen molar-refractivity contribution in [1.82, 2.24) is 5.43 Å². The molecule has 0 aliphatic carbocycles. The molecule has 126 valence electrons. The van der Waals surface area contributed by atoms with Crippen LogP contribution in [0.5, 0.6) is 5.75 Å². The first-order valence-corrected chi connectivity index (χ1v) is 8.94. The second-order valence-electron chi connectivity index (χ2n) is 5.00. The number of amides is 1. The molecule has 0 aliphatic heterocycles. The monoisotopic (exact) mass is 382 g/mol. The summed E-state index contributed by atoms with van der Waals surface area (Å²) < 4.78 is 0. The normalized spacial score (nSPS) is 12.3. The van der Waals surface area contributed by atoms with Crippen LogP contribution in [0.15, 0.2) is 47.6 Å². The molecule has 2 aromatic carbocycles. The Kier molecular flexibility index (Phi) is 6.97. The van der Waals surface area contributed by atoms with Gasteiger partial charge in [0.05, 0.1) is 16.5 Å². The first-order chi connectivity index (χ1) is 11.5. The van der Waals surface area contributed by atoms with E-state index in [1.807, 2.05) is 37.3 Å². The number of hydrogen-bond donors (Lipinski definition) is 2. The number of nitrogens with zero attached hydrogens (tertiary/aromatic N) is 1. The molecule has 1 amide bonds. The van der Waals surface area contributed by atoms with Gasteiger partial charge in [0.15, 0.2) is 0 Å². The fourth-order valence-electron chi connectivity index (χ4n) is 1.81. The highest BCUT2D eigenvalue weighted by molar-refractivity contribution is 7.99. The Morgan fingerprint density at radius 3 is 2.75 bits per heavy atom. The predicted octanol–water partition coefficient (Wildman–Crippen LogP) is 4.47. The maximum atomic E-state index is 12.0. The molecule has 2 rings (SSSR count). The number of thioether (sulfide) groups is 1. The highest BCUT2D eigenvalue weighted by atomic mass is 35.5. The van der Waals surface area contributed by atoms with Crippen molar-refractivity contribution in [1.29, 1.82) is 0 Å².